The van der Waals surface area contributed by atoms with Crippen molar-refractivity contribution in [3.05, 3.63) is 65.5 Å². The van der Waals surface area contributed by atoms with E-state index in [1.165, 1.54) is 19.2 Å². The molecule has 0 spiro atoms. The number of carbonyl (C=O) groups excluding carboxylic acids is 1. The lowest BCUT2D eigenvalue weighted by molar-refractivity contribution is -0.138. The van der Waals surface area contributed by atoms with Gasteiger partial charge in [-0.2, -0.15) is 13.2 Å². The molecule has 0 unspecified atom stereocenters. The number of hydrogen-bond donors (Lipinski definition) is 2. The summed E-state index contributed by atoms with van der Waals surface area (Å²) >= 11 is 0. The Morgan fingerprint density at radius 1 is 1.21 bits per heavy atom. The first-order chi connectivity index (χ1) is 13.2. The number of aromatic nitrogens is 1. The van der Waals surface area contributed by atoms with Crippen LogP contribution in [-0.4, -0.2) is 22.0 Å². The van der Waals surface area contributed by atoms with E-state index in [-0.39, 0.29) is 17.7 Å². The first-order valence-corrected chi connectivity index (χ1v) is 8.49. The molecule has 8 heteroatoms. The number of anilines is 1. The first-order valence-electron chi connectivity index (χ1n) is 8.49. The minimum Gasteiger partial charge on any atom is -0.481 e. The predicted octanol–water partition coefficient (Wildman–Crippen LogP) is 4.75. The van der Waals surface area contributed by atoms with E-state index < -0.39 is 23.6 Å². The smallest absolute Gasteiger partial charge is 0.416 e. The van der Waals surface area contributed by atoms with Gasteiger partial charge in [0.15, 0.2) is 0 Å². The van der Waals surface area contributed by atoms with Crippen LogP contribution in [-0.2, 0) is 15.8 Å². The highest BCUT2D eigenvalue weighted by Gasteiger charge is 2.31. The number of nitrogens with one attached hydrogen (secondary N) is 1. The van der Waals surface area contributed by atoms with Gasteiger partial charge in [0.1, 0.15) is 0 Å². The maximum atomic E-state index is 13.3. The van der Waals surface area contributed by atoms with Gasteiger partial charge in [0, 0.05) is 37.0 Å². The molecule has 0 aliphatic rings. The molecule has 1 amide bonds. The van der Waals surface area contributed by atoms with E-state index in [1.54, 1.807) is 24.4 Å². The number of carboxylic acids is 1. The van der Waals surface area contributed by atoms with Crippen molar-refractivity contribution in [1.29, 1.82) is 0 Å². The Bertz CT molecular complexity index is 878. The van der Waals surface area contributed by atoms with Gasteiger partial charge in [-0.1, -0.05) is 12.1 Å². The van der Waals surface area contributed by atoms with Crippen LogP contribution in [0.15, 0.2) is 48.8 Å². The van der Waals surface area contributed by atoms with Crippen molar-refractivity contribution in [2.24, 2.45) is 0 Å². The standard InChI is InChI=1S/C20H19F3N2O3/c1-13(26)25-17-10-15(9-16(11-17)20(21,22)23)18(6-2-3-7-19(27)28)14-5-4-8-24-12-14/h4-6,8-12H,2-3,7H2,1H3,(H,25,26)(H,27,28)/b18-6+. The number of hydrogen-bond acceptors (Lipinski definition) is 3. The number of amides is 1. The van der Waals surface area contributed by atoms with Crippen molar-refractivity contribution in [3.63, 3.8) is 0 Å². The molecular formula is C20H19F3N2O3. The van der Waals surface area contributed by atoms with E-state index in [2.05, 4.69) is 10.3 Å². The molecule has 0 aliphatic carbocycles. The molecule has 148 valence electrons. The molecule has 2 N–H and O–H groups in total. The highest BCUT2D eigenvalue weighted by Crippen LogP contribution is 2.35. The lowest BCUT2D eigenvalue weighted by Crippen LogP contribution is -2.10. The van der Waals surface area contributed by atoms with Crippen molar-refractivity contribution in [2.45, 2.75) is 32.4 Å². The minimum atomic E-state index is -4.59. The van der Waals surface area contributed by atoms with Gasteiger partial charge in [0.2, 0.25) is 5.91 Å². The first kappa shape index (κ1) is 21.1. The van der Waals surface area contributed by atoms with Gasteiger partial charge in [-0.25, -0.2) is 0 Å². The highest BCUT2D eigenvalue weighted by atomic mass is 19.4. The quantitative estimate of drug-likeness (QED) is 0.667. The Kier molecular flexibility index (Phi) is 6.92. The van der Waals surface area contributed by atoms with Crippen LogP contribution in [0.4, 0.5) is 18.9 Å². The maximum Gasteiger partial charge on any atom is 0.416 e. The van der Waals surface area contributed by atoms with Gasteiger partial charge in [0.05, 0.1) is 5.56 Å². The van der Waals surface area contributed by atoms with Crippen LogP contribution >= 0.6 is 0 Å². The van der Waals surface area contributed by atoms with E-state index in [0.29, 0.717) is 24.0 Å². The average Bonchev–Trinajstić information content (AvgIpc) is 2.60. The zero-order valence-electron chi connectivity index (χ0n) is 15.1. The second-order valence-corrected chi connectivity index (χ2v) is 6.12. The summed E-state index contributed by atoms with van der Waals surface area (Å²) in [6.45, 7) is 1.21. The summed E-state index contributed by atoms with van der Waals surface area (Å²) < 4.78 is 40.0. The number of aliphatic carboxylic acids is 1. The Morgan fingerprint density at radius 2 is 1.96 bits per heavy atom. The van der Waals surface area contributed by atoms with Crippen molar-refractivity contribution >= 4 is 23.1 Å². The Hall–Kier alpha value is -3.16. The fourth-order valence-corrected chi connectivity index (χ4v) is 2.65. The topological polar surface area (TPSA) is 79.3 Å². The lowest BCUT2D eigenvalue weighted by atomic mass is 9.95. The molecule has 0 saturated heterocycles. The average molecular weight is 392 g/mol. The Labute approximate surface area is 159 Å². The number of carboxylic acid groups (broad SMARTS) is 1. The molecule has 0 atom stereocenters. The number of halogens is 3. The van der Waals surface area contributed by atoms with Crippen molar-refractivity contribution in [2.75, 3.05) is 5.32 Å². The molecule has 2 aromatic rings. The zero-order valence-corrected chi connectivity index (χ0v) is 15.1. The van der Waals surface area contributed by atoms with Crippen LogP contribution in [0.5, 0.6) is 0 Å². The van der Waals surface area contributed by atoms with Gasteiger partial charge in [-0.05, 0) is 48.2 Å². The summed E-state index contributed by atoms with van der Waals surface area (Å²) in [7, 11) is 0. The van der Waals surface area contributed by atoms with Gasteiger partial charge >= 0.3 is 12.1 Å². The van der Waals surface area contributed by atoms with Crippen LogP contribution in [0.1, 0.15) is 42.9 Å². The van der Waals surface area contributed by atoms with E-state index >= 15 is 0 Å². The van der Waals surface area contributed by atoms with Crippen molar-refractivity contribution in [1.82, 2.24) is 4.98 Å². The molecule has 28 heavy (non-hydrogen) atoms. The molecule has 2 rings (SSSR count). The third-order valence-corrected chi connectivity index (χ3v) is 3.81. The van der Waals surface area contributed by atoms with Crippen LogP contribution in [0.25, 0.3) is 5.57 Å². The number of alkyl halides is 3. The van der Waals surface area contributed by atoms with Crippen molar-refractivity contribution < 1.29 is 27.9 Å². The molecule has 1 heterocycles. The minimum absolute atomic E-state index is 0.0256. The highest BCUT2D eigenvalue weighted by molar-refractivity contribution is 5.90. The van der Waals surface area contributed by atoms with Crippen LogP contribution in [0.2, 0.25) is 0 Å². The van der Waals surface area contributed by atoms with Gasteiger partial charge in [0.25, 0.3) is 0 Å². The number of rotatable bonds is 7. The van der Waals surface area contributed by atoms with E-state index in [4.69, 9.17) is 5.11 Å². The molecule has 0 fully saturated rings. The summed E-state index contributed by atoms with van der Waals surface area (Å²) in [6.07, 6.45) is 0.816. The monoisotopic (exact) mass is 392 g/mol. The Morgan fingerprint density at radius 3 is 2.54 bits per heavy atom. The lowest BCUT2D eigenvalue weighted by Gasteiger charge is -2.15. The number of pyridine rings is 1. The number of allylic oxidation sites excluding steroid dienone is 1. The zero-order chi connectivity index (χ0) is 20.7. The number of benzene rings is 1. The second kappa shape index (κ2) is 9.16. The molecule has 0 bridgehead atoms. The predicted molar refractivity (Wildman–Crippen MR) is 98.6 cm³/mol. The summed E-state index contributed by atoms with van der Waals surface area (Å²) in [5.74, 6) is -1.43. The SMILES string of the molecule is CC(=O)Nc1cc(/C(=C/CCCC(=O)O)c2cccnc2)cc(C(F)(F)F)c1. The number of carbonyl (C=O) groups is 2. The summed E-state index contributed by atoms with van der Waals surface area (Å²) in [5, 5.41) is 11.1. The van der Waals surface area contributed by atoms with E-state index in [9.17, 15) is 22.8 Å². The third kappa shape index (κ3) is 6.22. The summed E-state index contributed by atoms with van der Waals surface area (Å²) in [4.78, 5) is 26.0. The largest absolute Gasteiger partial charge is 0.481 e. The van der Waals surface area contributed by atoms with Crippen molar-refractivity contribution in [3.8, 4) is 0 Å². The molecule has 1 aromatic heterocycles. The maximum absolute atomic E-state index is 13.3. The fourth-order valence-electron chi connectivity index (χ4n) is 2.65. The molecule has 0 aliphatic heterocycles. The molecule has 5 nitrogen and oxygen atoms in total. The van der Waals surface area contributed by atoms with E-state index in [1.807, 2.05) is 0 Å². The van der Waals surface area contributed by atoms with Gasteiger partial charge in [-0.3, -0.25) is 14.6 Å². The number of nitrogens with zero attached hydrogens (tertiary/aromatic N) is 1. The van der Waals surface area contributed by atoms with Crippen LogP contribution in [0, 0.1) is 0 Å². The van der Waals surface area contributed by atoms with E-state index in [0.717, 1.165) is 12.1 Å². The van der Waals surface area contributed by atoms with Gasteiger partial charge in [-0.15, -0.1) is 0 Å². The number of unbranched alkanes of at least 4 members (excludes halogenated alkanes) is 1. The fraction of sp³-hybridized carbons (Fsp3) is 0.250. The summed E-state index contributed by atoms with van der Waals surface area (Å²) in [5.41, 5.74) is 0.454. The molecule has 1 aromatic carbocycles. The second-order valence-electron chi connectivity index (χ2n) is 6.12. The summed E-state index contributed by atoms with van der Waals surface area (Å²) in [6, 6.07) is 6.68. The molecule has 0 saturated carbocycles. The third-order valence-electron chi connectivity index (χ3n) is 3.81. The normalized spacial score (nSPS) is 11.9. The van der Waals surface area contributed by atoms with Gasteiger partial charge < -0.3 is 10.4 Å². The Balaban J connectivity index is 2.52. The van der Waals surface area contributed by atoms with Crippen LogP contribution < -0.4 is 5.32 Å². The van der Waals surface area contributed by atoms with Crippen LogP contribution in [0.3, 0.4) is 0 Å². The molecule has 0 radical (unpaired) electrons. The molecular weight excluding hydrogens is 373 g/mol.